The maximum atomic E-state index is 12.0. The first-order valence-electron chi connectivity index (χ1n) is 13.3. The molecule has 3 fully saturated rings. The normalized spacial score (nSPS) is 22.8. The summed E-state index contributed by atoms with van der Waals surface area (Å²) in [5.41, 5.74) is 1.64. The fraction of sp³-hybridized carbons (Fsp3) is 0.667. The molecule has 1 aromatic rings. The number of hydrogen-bond donors (Lipinski definition) is 3. The summed E-state index contributed by atoms with van der Waals surface area (Å²) in [6.07, 6.45) is 5.09. The van der Waals surface area contributed by atoms with Gasteiger partial charge in [0.2, 0.25) is 11.8 Å². The number of hydrogen-bond acceptors (Lipinski definition) is 7. The lowest BCUT2D eigenvalue weighted by Gasteiger charge is -2.42. The molecule has 3 aliphatic rings. The first-order valence-corrected chi connectivity index (χ1v) is 13.3. The van der Waals surface area contributed by atoms with Crippen LogP contribution in [0.15, 0.2) is 24.3 Å². The quantitative estimate of drug-likeness (QED) is 0.517. The van der Waals surface area contributed by atoms with Crippen molar-refractivity contribution in [2.45, 2.75) is 77.0 Å². The van der Waals surface area contributed by atoms with E-state index in [1.165, 1.54) is 5.69 Å². The lowest BCUT2D eigenvalue weighted by atomic mass is 9.93. The van der Waals surface area contributed by atoms with Crippen LogP contribution in [0.5, 0.6) is 0 Å². The van der Waals surface area contributed by atoms with Gasteiger partial charge in [0, 0.05) is 43.5 Å². The molecule has 3 aliphatic heterocycles. The SMILES string of the molecule is CC(C)(C)OC(=O)NCC1CCN(C2CCN(c3ccc(NC4CCC(=O)NC4=O)cc3)CC2)CC1. The average Bonchev–Trinajstić information content (AvgIpc) is 2.84. The molecule has 36 heavy (non-hydrogen) atoms. The van der Waals surface area contributed by atoms with Crippen molar-refractivity contribution in [3.05, 3.63) is 24.3 Å². The summed E-state index contributed by atoms with van der Waals surface area (Å²) in [5.74, 6) is 0.0678. The molecule has 1 atom stereocenters. The van der Waals surface area contributed by atoms with Crippen molar-refractivity contribution in [3.8, 4) is 0 Å². The lowest BCUT2D eigenvalue weighted by Crippen LogP contribution is -2.48. The van der Waals surface area contributed by atoms with E-state index in [-0.39, 0.29) is 23.9 Å². The Balaban J connectivity index is 1.16. The van der Waals surface area contributed by atoms with E-state index in [1.54, 1.807) is 0 Å². The number of likely N-dealkylation sites (tertiary alicyclic amines) is 1. The van der Waals surface area contributed by atoms with Gasteiger partial charge in [-0.3, -0.25) is 14.9 Å². The van der Waals surface area contributed by atoms with Crippen molar-refractivity contribution in [2.24, 2.45) is 5.92 Å². The third kappa shape index (κ3) is 7.35. The molecule has 1 unspecified atom stereocenters. The summed E-state index contributed by atoms with van der Waals surface area (Å²) in [7, 11) is 0. The first-order chi connectivity index (χ1) is 17.2. The van der Waals surface area contributed by atoms with Crippen molar-refractivity contribution in [1.82, 2.24) is 15.5 Å². The molecule has 0 radical (unpaired) electrons. The highest BCUT2D eigenvalue weighted by Crippen LogP contribution is 2.27. The molecule has 9 nitrogen and oxygen atoms in total. The van der Waals surface area contributed by atoms with Crippen LogP contribution in [0.4, 0.5) is 16.2 Å². The number of imide groups is 1. The molecule has 4 rings (SSSR count). The zero-order valence-corrected chi connectivity index (χ0v) is 21.8. The Hall–Kier alpha value is -2.81. The van der Waals surface area contributed by atoms with E-state index < -0.39 is 5.60 Å². The summed E-state index contributed by atoms with van der Waals surface area (Å²) in [4.78, 5) is 40.3. The van der Waals surface area contributed by atoms with Crippen LogP contribution in [0.2, 0.25) is 0 Å². The van der Waals surface area contributed by atoms with Gasteiger partial charge in [-0.2, -0.15) is 0 Å². The van der Waals surface area contributed by atoms with Gasteiger partial charge in [-0.15, -0.1) is 0 Å². The number of ether oxygens (including phenoxy) is 1. The zero-order valence-electron chi connectivity index (χ0n) is 21.8. The van der Waals surface area contributed by atoms with Crippen molar-refractivity contribution in [1.29, 1.82) is 0 Å². The molecule has 0 bridgehead atoms. The molecule has 198 valence electrons. The Morgan fingerprint density at radius 1 is 1.00 bits per heavy atom. The van der Waals surface area contributed by atoms with Crippen molar-refractivity contribution in [2.75, 3.05) is 42.9 Å². The minimum absolute atomic E-state index is 0.198. The van der Waals surface area contributed by atoms with Gasteiger partial charge < -0.3 is 25.2 Å². The summed E-state index contributed by atoms with van der Waals surface area (Å²) in [6.45, 7) is 10.6. The Morgan fingerprint density at radius 3 is 2.28 bits per heavy atom. The number of nitrogens with one attached hydrogen (secondary N) is 3. The van der Waals surface area contributed by atoms with E-state index in [4.69, 9.17) is 4.74 Å². The fourth-order valence-electron chi connectivity index (χ4n) is 5.35. The number of anilines is 2. The summed E-state index contributed by atoms with van der Waals surface area (Å²) in [5, 5.41) is 8.56. The van der Waals surface area contributed by atoms with Gasteiger partial charge in [-0.1, -0.05) is 0 Å². The predicted molar refractivity (Wildman–Crippen MR) is 140 cm³/mol. The number of carbonyl (C=O) groups is 3. The topological polar surface area (TPSA) is 103 Å². The van der Waals surface area contributed by atoms with Crippen LogP contribution in [0.1, 0.15) is 59.3 Å². The number of piperidine rings is 3. The molecule has 3 amide bonds. The molecule has 0 spiro atoms. The van der Waals surface area contributed by atoms with E-state index in [0.29, 0.717) is 31.3 Å². The molecule has 0 aromatic heterocycles. The van der Waals surface area contributed by atoms with E-state index >= 15 is 0 Å². The second kappa shape index (κ2) is 11.5. The number of alkyl carbamates (subject to hydrolysis) is 1. The van der Waals surface area contributed by atoms with Crippen molar-refractivity contribution < 1.29 is 19.1 Å². The number of nitrogens with zero attached hydrogens (tertiary/aromatic N) is 2. The monoisotopic (exact) mass is 499 g/mol. The van der Waals surface area contributed by atoms with Gasteiger partial charge in [-0.05, 0) is 96.1 Å². The highest BCUT2D eigenvalue weighted by Gasteiger charge is 2.29. The lowest BCUT2D eigenvalue weighted by molar-refractivity contribution is -0.133. The van der Waals surface area contributed by atoms with Crippen molar-refractivity contribution >= 4 is 29.3 Å². The van der Waals surface area contributed by atoms with E-state index in [9.17, 15) is 14.4 Å². The van der Waals surface area contributed by atoms with E-state index in [1.807, 2.05) is 32.9 Å². The van der Waals surface area contributed by atoms with Crippen LogP contribution in [-0.4, -0.2) is 73.2 Å². The predicted octanol–water partition coefficient (Wildman–Crippen LogP) is 3.11. The largest absolute Gasteiger partial charge is 0.444 e. The smallest absolute Gasteiger partial charge is 0.407 e. The highest BCUT2D eigenvalue weighted by molar-refractivity contribution is 6.01. The average molecular weight is 500 g/mol. The van der Waals surface area contributed by atoms with Gasteiger partial charge in [0.15, 0.2) is 0 Å². The fourth-order valence-corrected chi connectivity index (χ4v) is 5.35. The third-order valence-corrected chi connectivity index (χ3v) is 7.38. The summed E-state index contributed by atoms with van der Waals surface area (Å²) in [6, 6.07) is 8.51. The molecular formula is C27H41N5O4. The molecule has 0 aliphatic carbocycles. The first kappa shape index (κ1) is 26.3. The van der Waals surface area contributed by atoms with Crippen LogP contribution < -0.4 is 20.9 Å². The zero-order chi connectivity index (χ0) is 25.7. The molecule has 1 aromatic carbocycles. The second-order valence-electron chi connectivity index (χ2n) is 11.3. The minimum Gasteiger partial charge on any atom is -0.444 e. The number of rotatable bonds is 6. The van der Waals surface area contributed by atoms with Crippen LogP contribution >= 0.6 is 0 Å². The summed E-state index contributed by atoms with van der Waals surface area (Å²) >= 11 is 0. The van der Waals surface area contributed by atoms with Crippen LogP contribution in [0.3, 0.4) is 0 Å². The van der Waals surface area contributed by atoms with E-state index in [0.717, 1.165) is 57.5 Å². The Bertz CT molecular complexity index is 913. The maximum absolute atomic E-state index is 12.0. The highest BCUT2D eigenvalue weighted by atomic mass is 16.6. The third-order valence-electron chi connectivity index (χ3n) is 7.38. The van der Waals surface area contributed by atoms with Crippen molar-refractivity contribution in [3.63, 3.8) is 0 Å². The Labute approximate surface area is 214 Å². The second-order valence-corrected chi connectivity index (χ2v) is 11.3. The molecule has 9 heteroatoms. The molecule has 0 saturated carbocycles. The van der Waals surface area contributed by atoms with Gasteiger partial charge in [0.25, 0.3) is 0 Å². The van der Waals surface area contributed by atoms with Gasteiger partial charge in [0.05, 0.1) is 0 Å². The van der Waals surface area contributed by atoms with Gasteiger partial charge >= 0.3 is 6.09 Å². The van der Waals surface area contributed by atoms with Crippen LogP contribution in [0, 0.1) is 5.92 Å². The Kier molecular flexibility index (Phi) is 8.39. The number of amides is 3. The van der Waals surface area contributed by atoms with Crippen LogP contribution in [0.25, 0.3) is 0 Å². The van der Waals surface area contributed by atoms with Gasteiger partial charge in [0.1, 0.15) is 11.6 Å². The summed E-state index contributed by atoms with van der Waals surface area (Å²) < 4.78 is 5.34. The number of benzene rings is 1. The minimum atomic E-state index is -0.461. The number of carbonyl (C=O) groups excluding carboxylic acids is 3. The van der Waals surface area contributed by atoms with E-state index in [2.05, 4.69) is 37.9 Å². The standard InChI is InChI=1S/C27H41N5O4/c1-27(2,3)36-26(35)28-18-19-10-14-31(15-11-19)22-12-16-32(17-13-22)21-6-4-20(5-7-21)29-23-8-9-24(33)30-25(23)34/h4-7,19,22-23,29H,8-18H2,1-3H3,(H,28,35)(H,30,33,34). The molecule has 3 N–H and O–H groups in total. The van der Waals surface area contributed by atoms with Crippen LogP contribution in [-0.2, 0) is 14.3 Å². The molecule has 3 saturated heterocycles. The molecule has 3 heterocycles. The Morgan fingerprint density at radius 2 is 1.67 bits per heavy atom. The van der Waals surface area contributed by atoms with Gasteiger partial charge in [-0.25, -0.2) is 4.79 Å². The maximum Gasteiger partial charge on any atom is 0.407 e. The molecular weight excluding hydrogens is 458 g/mol.